The van der Waals surface area contributed by atoms with E-state index in [9.17, 15) is 0 Å². The van der Waals surface area contributed by atoms with Gasteiger partial charge in [-0.2, -0.15) is 0 Å². The molecule has 0 unspecified atom stereocenters. The quantitative estimate of drug-likeness (QED) is 0.0644. The Morgan fingerprint density at radius 3 is 0.842 bits per heavy atom. The molecule has 0 aliphatic rings. The van der Waals surface area contributed by atoms with Crippen molar-refractivity contribution in [3.63, 3.8) is 0 Å². The molecule has 0 aromatic rings. The Kier molecular flexibility index (Phi) is 40.8. The van der Waals surface area contributed by atoms with Crippen molar-refractivity contribution in [1.82, 2.24) is 5.32 Å². The third kappa shape index (κ3) is 37.9. The van der Waals surface area contributed by atoms with E-state index in [0.29, 0.717) is 0 Å². The molecular weight excluding hydrogens is 482 g/mol. The molecule has 0 heterocycles. The predicted molar refractivity (Wildman–Crippen MR) is 179 cm³/mol. The molecule has 0 aromatic carbocycles. The van der Waals surface area contributed by atoms with Crippen molar-refractivity contribution in [2.75, 3.05) is 13.1 Å². The Balaban J connectivity index is 0. The summed E-state index contributed by atoms with van der Waals surface area (Å²) in [5.41, 5.74) is 0. The van der Waals surface area contributed by atoms with Gasteiger partial charge in [-0.05, 0) is 77.3 Å². The summed E-state index contributed by atoms with van der Waals surface area (Å²) in [5.74, 6) is 0. The van der Waals surface area contributed by atoms with Crippen LogP contribution in [0.1, 0.15) is 194 Å². The lowest BCUT2D eigenvalue weighted by Crippen LogP contribution is -2.16. The molecule has 0 spiro atoms. The van der Waals surface area contributed by atoms with Crippen molar-refractivity contribution in [2.24, 2.45) is 0 Å². The van der Waals surface area contributed by atoms with Gasteiger partial charge in [-0.15, -0.1) is 12.4 Å². The minimum atomic E-state index is 0. The van der Waals surface area contributed by atoms with E-state index in [2.05, 4.69) is 43.5 Å². The second-order valence-electron chi connectivity index (χ2n) is 11.6. The molecule has 0 saturated heterocycles. The van der Waals surface area contributed by atoms with Crippen molar-refractivity contribution in [1.29, 1.82) is 0 Å². The molecule has 2 heteroatoms. The van der Waals surface area contributed by atoms with Crippen LogP contribution in [-0.2, 0) is 0 Å². The van der Waals surface area contributed by atoms with Crippen molar-refractivity contribution >= 4 is 12.4 Å². The van der Waals surface area contributed by atoms with Crippen LogP contribution in [0.4, 0.5) is 0 Å². The zero-order valence-electron chi connectivity index (χ0n) is 26.4. The van der Waals surface area contributed by atoms with E-state index < -0.39 is 0 Å². The highest BCUT2D eigenvalue weighted by atomic mass is 35.5. The highest BCUT2D eigenvalue weighted by Gasteiger charge is 1.94. The number of nitrogens with one attached hydrogen (secondary N) is 1. The van der Waals surface area contributed by atoms with Crippen LogP contribution in [0.25, 0.3) is 0 Å². The van der Waals surface area contributed by atoms with Crippen LogP contribution in [-0.4, -0.2) is 13.1 Å². The molecule has 0 aliphatic heterocycles. The van der Waals surface area contributed by atoms with Gasteiger partial charge in [-0.1, -0.05) is 154 Å². The fourth-order valence-corrected chi connectivity index (χ4v) is 5.12. The van der Waals surface area contributed by atoms with Crippen LogP contribution in [0.5, 0.6) is 0 Å². The second-order valence-corrected chi connectivity index (χ2v) is 11.6. The molecule has 0 fully saturated rings. The van der Waals surface area contributed by atoms with Crippen LogP contribution < -0.4 is 5.32 Å². The lowest BCUT2D eigenvalue weighted by Gasteiger charge is -2.05. The molecule has 0 rings (SSSR count). The molecule has 1 N–H and O–H groups in total. The van der Waals surface area contributed by atoms with Gasteiger partial charge in [-0.3, -0.25) is 0 Å². The molecular formula is C36H72ClN. The molecule has 0 saturated carbocycles. The first-order valence-corrected chi connectivity index (χ1v) is 17.4. The molecule has 38 heavy (non-hydrogen) atoms. The molecule has 228 valence electrons. The first-order valence-electron chi connectivity index (χ1n) is 17.4. The van der Waals surface area contributed by atoms with Crippen LogP contribution >= 0.6 is 12.4 Å². The Morgan fingerprint density at radius 2 is 0.553 bits per heavy atom. The zero-order valence-corrected chi connectivity index (χ0v) is 27.2. The van der Waals surface area contributed by atoms with Gasteiger partial charge in [0, 0.05) is 0 Å². The minimum Gasteiger partial charge on any atom is -0.317 e. The van der Waals surface area contributed by atoms with Crippen LogP contribution in [0.3, 0.4) is 0 Å². The summed E-state index contributed by atoms with van der Waals surface area (Å²) < 4.78 is 0. The summed E-state index contributed by atoms with van der Waals surface area (Å²) >= 11 is 0. The number of hydrogen-bond acceptors (Lipinski definition) is 1. The average molecular weight is 554 g/mol. The molecule has 0 aromatic heterocycles. The lowest BCUT2D eigenvalue weighted by molar-refractivity contribution is 0.539. The fourth-order valence-electron chi connectivity index (χ4n) is 5.12. The van der Waals surface area contributed by atoms with Gasteiger partial charge >= 0.3 is 0 Å². The van der Waals surface area contributed by atoms with Crippen LogP contribution in [0.15, 0.2) is 24.3 Å². The highest BCUT2D eigenvalue weighted by Crippen LogP contribution is 2.11. The topological polar surface area (TPSA) is 12.0 Å². The summed E-state index contributed by atoms with van der Waals surface area (Å²) in [6.07, 6.45) is 48.8. The first kappa shape index (κ1) is 39.9. The number of hydrogen-bond donors (Lipinski definition) is 1. The standard InChI is InChI=1S/C36H71N.ClH/c1-3-5-7-9-11-13-15-17-19-21-23-25-27-29-31-33-35-37-36-34-32-30-28-26-24-22-20-18-16-14-12-10-8-6-4-2;/h17-20,37H,3-16,21-36H2,1-2H3;1H/b19-17-,20-18-;. The lowest BCUT2D eigenvalue weighted by atomic mass is 10.1. The van der Waals surface area contributed by atoms with Gasteiger partial charge in [0.1, 0.15) is 0 Å². The molecule has 0 bridgehead atoms. The fraction of sp³-hybridized carbons (Fsp3) is 0.889. The Bertz CT molecular complexity index is 405. The highest BCUT2D eigenvalue weighted by molar-refractivity contribution is 5.85. The SMILES string of the molecule is CCCCCCCC/C=C\CCCCCCCCNCCCCCCCC/C=C\CCCCCCCC.Cl. The predicted octanol–water partition coefficient (Wildman–Crippen LogP) is 13.1. The van der Waals surface area contributed by atoms with Crippen LogP contribution in [0, 0.1) is 0 Å². The molecule has 0 atom stereocenters. The van der Waals surface area contributed by atoms with E-state index in [1.54, 1.807) is 0 Å². The maximum absolute atomic E-state index is 3.67. The average Bonchev–Trinajstić information content (AvgIpc) is 2.91. The molecule has 0 aliphatic carbocycles. The normalized spacial score (nSPS) is 11.6. The van der Waals surface area contributed by atoms with Gasteiger partial charge in [-0.25, -0.2) is 0 Å². The van der Waals surface area contributed by atoms with Crippen LogP contribution in [0.2, 0.25) is 0 Å². The van der Waals surface area contributed by atoms with E-state index >= 15 is 0 Å². The van der Waals surface area contributed by atoms with Gasteiger partial charge in [0.05, 0.1) is 0 Å². The second kappa shape index (κ2) is 38.9. The number of allylic oxidation sites excluding steroid dienone is 4. The van der Waals surface area contributed by atoms with E-state index in [1.165, 1.54) is 193 Å². The van der Waals surface area contributed by atoms with Crippen molar-refractivity contribution < 1.29 is 0 Å². The number of rotatable bonds is 32. The zero-order chi connectivity index (χ0) is 26.7. The number of halogens is 1. The van der Waals surface area contributed by atoms with Gasteiger partial charge < -0.3 is 5.32 Å². The van der Waals surface area contributed by atoms with Gasteiger partial charge in [0.2, 0.25) is 0 Å². The third-order valence-corrected chi connectivity index (χ3v) is 7.73. The Labute approximate surface area is 248 Å². The first-order chi connectivity index (χ1) is 18.4. The maximum atomic E-state index is 3.67. The van der Waals surface area contributed by atoms with Gasteiger partial charge in [0.25, 0.3) is 0 Å². The van der Waals surface area contributed by atoms with Crippen molar-refractivity contribution in [3.8, 4) is 0 Å². The summed E-state index contributed by atoms with van der Waals surface area (Å²) in [6, 6.07) is 0. The maximum Gasteiger partial charge on any atom is -0.00489 e. The van der Waals surface area contributed by atoms with E-state index in [1.807, 2.05) is 0 Å². The summed E-state index contributed by atoms with van der Waals surface area (Å²) in [7, 11) is 0. The molecule has 0 amide bonds. The minimum absolute atomic E-state index is 0. The van der Waals surface area contributed by atoms with E-state index in [0.717, 1.165) is 0 Å². The Morgan fingerprint density at radius 1 is 0.316 bits per heavy atom. The smallest absolute Gasteiger partial charge is 0.00489 e. The summed E-state index contributed by atoms with van der Waals surface area (Å²) in [5, 5.41) is 3.67. The van der Waals surface area contributed by atoms with Gasteiger partial charge in [0.15, 0.2) is 0 Å². The monoisotopic (exact) mass is 554 g/mol. The third-order valence-electron chi connectivity index (χ3n) is 7.73. The molecule has 1 nitrogen and oxygen atoms in total. The summed E-state index contributed by atoms with van der Waals surface area (Å²) in [4.78, 5) is 0. The Hall–Kier alpha value is -0.270. The van der Waals surface area contributed by atoms with E-state index in [4.69, 9.17) is 0 Å². The summed E-state index contributed by atoms with van der Waals surface area (Å²) in [6.45, 7) is 7.04. The largest absolute Gasteiger partial charge is 0.317 e. The van der Waals surface area contributed by atoms with Crippen molar-refractivity contribution in [3.05, 3.63) is 24.3 Å². The van der Waals surface area contributed by atoms with E-state index in [-0.39, 0.29) is 12.4 Å². The van der Waals surface area contributed by atoms with Crippen molar-refractivity contribution in [2.45, 2.75) is 194 Å². The number of unbranched alkanes of at least 4 members (excludes halogenated alkanes) is 24. The molecule has 0 radical (unpaired) electrons.